The van der Waals surface area contributed by atoms with Gasteiger partial charge in [0, 0.05) is 67.6 Å². The first-order chi connectivity index (χ1) is 26.2. The number of fused-ring (bicyclic) bond motifs is 1. The molecule has 0 saturated carbocycles. The molecule has 0 bridgehead atoms. The summed E-state index contributed by atoms with van der Waals surface area (Å²) in [5, 5.41) is 9.45. The predicted octanol–water partition coefficient (Wildman–Crippen LogP) is 8.02. The zero-order valence-electron chi connectivity index (χ0n) is 30.0. The molecule has 0 aliphatic heterocycles. The molecule has 0 amide bonds. The van der Waals surface area contributed by atoms with Crippen LogP contribution in [-0.4, -0.2) is 50.5 Å². The lowest BCUT2D eigenvalue weighted by Crippen LogP contribution is -2.10. The summed E-state index contributed by atoms with van der Waals surface area (Å²) in [4.78, 5) is 28.9. The highest BCUT2D eigenvalue weighted by molar-refractivity contribution is 6.09. The Hall–Kier alpha value is -6.34. The first-order valence-electron chi connectivity index (χ1n) is 17.1. The molecule has 54 heavy (non-hydrogen) atoms. The Morgan fingerprint density at radius 2 is 1.72 bits per heavy atom. The van der Waals surface area contributed by atoms with E-state index in [-0.39, 0.29) is 46.9 Å². The van der Waals surface area contributed by atoms with E-state index in [1.165, 1.54) is 43.6 Å². The standard InChI is InChI=1S/C39H33F3N6O4.C2H6/c1-51-13-12-48-36-16-26(39(49)50)9-10-35(36)46-37(48)17-28-15-33(42)30(18-32(28)41)34-5-2-6-38(47-34)52-23-27-8-7-25(14-31(27)40)29(19-43)22-45-21-24-4-3-11-44-20-24;1-2/h2-11,14-16,18-20,22H,12-13,17,21,23,43H2,1H3,(H,49,50);1-2H3/b29-19+,45-22?;. The minimum absolute atomic E-state index is 0.0485. The number of benzene rings is 3. The lowest BCUT2D eigenvalue weighted by molar-refractivity contribution is 0.0697. The Labute approximate surface area is 310 Å². The average molecular weight is 737 g/mol. The molecule has 0 atom stereocenters. The third-order valence-electron chi connectivity index (χ3n) is 8.25. The second-order valence-corrected chi connectivity index (χ2v) is 11.7. The van der Waals surface area contributed by atoms with Crippen LogP contribution in [0.1, 0.15) is 52.3 Å². The lowest BCUT2D eigenvalue weighted by atomic mass is 10.0. The van der Waals surface area contributed by atoms with Gasteiger partial charge in [0.15, 0.2) is 0 Å². The molecule has 3 N–H and O–H groups in total. The van der Waals surface area contributed by atoms with Gasteiger partial charge in [-0.3, -0.25) is 9.98 Å². The number of methoxy groups -OCH3 is 1. The maximum Gasteiger partial charge on any atom is 0.335 e. The molecule has 6 rings (SSSR count). The molecule has 278 valence electrons. The minimum Gasteiger partial charge on any atom is -0.478 e. The molecule has 0 aliphatic carbocycles. The predicted molar refractivity (Wildman–Crippen MR) is 202 cm³/mol. The monoisotopic (exact) mass is 736 g/mol. The third-order valence-corrected chi connectivity index (χ3v) is 8.25. The molecule has 0 aliphatic rings. The van der Waals surface area contributed by atoms with E-state index < -0.39 is 23.4 Å². The number of aromatic carboxylic acids is 1. The van der Waals surface area contributed by atoms with Crippen LogP contribution in [0.25, 0.3) is 27.9 Å². The highest BCUT2D eigenvalue weighted by atomic mass is 19.1. The van der Waals surface area contributed by atoms with Crippen molar-refractivity contribution in [3.05, 3.63) is 149 Å². The Bertz CT molecular complexity index is 2290. The number of pyridine rings is 2. The minimum atomic E-state index is -1.09. The summed E-state index contributed by atoms with van der Waals surface area (Å²) in [5.74, 6) is -2.53. The second kappa shape index (κ2) is 18.4. The van der Waals surface area contributed by atoms with Crippen LogP contribution in [0.5, 0.6) is 5.88 Å². The number of carbonyl (C=O) groups is 1. The molecule has 0 unspecified atom stereocenters. The Kier molecular flexibility index (Phi) is 13.3. The van der Waals surface area contributed by atoms with Crippen molar-refractivity contribution >= 4 is 28.8 Å². The quantitative estimate of drug-likeness (QED) is 0.107. The molecule has 3 aromatic carbocycles. The zero-order chi connectivity index (χ0) is 38.6. The van der Waals surface area contributed by atoms with Crippen molar-refractivity contribution in [3.8, 4) is 17.1 Å². The summed E-state index contributed by atoms with van der Waals surface area (Å²) in [6.45, 7) is 4.84. The van der Waals surface area contributed by atoms with Crippen LogP contribution >= 0.6 is 0 Å². The fraction of sp³-hybridized carbons (Fsp3) is 0.195. The maximum atomic E-state index is 15.6. The van der Waals surface area contributed by atoms with Gasteiger partial charge in [-0.25, -0.2) is 27.9 Å². The van der Waals surface area contributed by atoms with Crippen LogP contribution < -0.4 is 10.5 Å². The normalized spacial score (nSPS) is 11.5. The number of halogens is 3. The van der Waals surface area contributed by atoms with Crippen LogP contribution in [0.15, 0.2) is 102 Å². The Morgan fingerprint density at radius 1 is 0.926 bits per heavy atom. The van der Waals surface area contributed by atoms with E-state index in [1.807, 2.05) is 26.0 Å². The smallest absolute Gasteiger partial charge is 0.335 e. The fourth-order valence-corrected chi connectivity index (χ4v) is 5.56. The highest BCUT2D eigenvalue weighted by Gasteiger charge is 2.19. The van der Waals surface area contributed by atoms with Crippen molar-refractivity contribution in [2.75, 3.05) is 13.7 Å². The molecule has 0 spiro atoms. The number of aliphatic imine (C=N–C) groups is 1. The number of rotatable bonds is 14. The molecular formula is C41H39F3N6O4. The number of imidazole rings is 1. The summed E-state index contributed by atoms with van der Waals surface area (Å²) in [6.07, 6.45) is 6.24. The van der Waals surface area contributed by atoms with Gasteiger partial charge in [0.2, 0.25) is 5.88 Å². The van der Waals surface area contributed by atoms with Crippen molar-refractivity contribution in [2.24, 2.45) is 10.7 Å². The molecule has 0 fully saturated rings. The van der Waals surface area contributed by atoms with Crippen LogP contribution in [0, 0.1) is 17.5 Å². The number of nitrogens with two attached hydrogens (primary N) is 1. The zero-order valence-corrected chi connectivity index (χ0v) is 30.0. The average Bonchev–Trinajstić information content (AvgIpc) is 3.53. The van der Waals surface area contributed by atoms with Crippen LogP contribution in [0.2, 0.25) is 0 Å². The molecule has 0 radical (unpaired) electrons. The van der Waals surface area contributed by atoms with Crippen molar-refractivity contribution in [3.63, 3.8) is 0 Å². The van der Waals surface area contributed by atoms with Gasteiger partial charge in [0.05, 0.1) is 35.4 Å². The molecule has 13 heteroatoms. The van der Waals surface area contributed by atoms with Gasteiger partial charge in [0.25, 0.3) is 0 Å². The van der Waals surface area contributed by atoms with Crippen molar-refractivity contribution < 1.29 is 32.5 Å². The third kappa shape index (κ3) is 9.36. The van der Waals surface area contributed by atoms with Crippen molar-refractivity contribution in [2.45, 2.75) is 40.0 Å². The first kappa shape index (κ1) is 38.9. The van der Waals surface area contributed by atoms with Gasteiger partial charge in [0.1, 0.15) is 29.9 Å². The van der Waals surface area contributed by atoms with Gasteiger partial charge in [-0.15, -0.1) is 0 Å². The summed E-state index contributed by atoms with van der Waals surface area (Å²) < 4.78 is 58.9. The number of ether oxygens (including phenoxy) is 2. The van der Waals surface area contributed by atoms with Crippen LogP contribution in [0.4, 0.5) is 13.2 Å². The van der Waals surface area contributed by atoms with Crippen molar-refractivity contribution in [1.82, 2.24) is 19.5 Å². The lowest BCUT2D eigenvalue weighted by Gasteiger charge is -2.12. The summed E-state index contributed by atoms with van der Waals surface area (Å²) in [5.41, 5.74) is 9.23. The molecule has 3 aromatic heterocycles. The number of aromatic nitrogens is 4. The number of carboxylic acids is 1. The van der Waals surface area contributed by atoms with E-state index >= 15 is 13.2 Å². The van der Waals surface area contributed by atoms with E-state index in [1.54, 1.807) is 47.4 Å². The van der Waals surface area contributed by atoms with E-state index in [4.69, 9.17) is 15.2 Å². The number of hydrogen-bond donors (Lipinski definition) is 2. The SMILES string of the molecule is CC.COCCn1c(Cc2cc(F)c(-c3cccc(OCc4ccc(/C(C=NCc5cccnc5)=C/N)cc4F)n3)cc2F)nc2ccc(C(=O)O)cc21. The molecule has 3 heterocycles. The molecule has 10 nitrogen and oxygen atoms in total. The second-order valence-electron chi connectivity index (χ2n) is 11.7. The maximum absolute atomic E-state index is 15.6. The van der Waals surface area contributed by atoms with Gasteiger partial charge in [-0.2, -0.15) is 0 Å². The summed E-state index contributed by atoms with van der Waals surface area (Å²) in [7, 11) is 1.53. The number of nitrogens with zero attached hydrogens (tertiary/aromatic N) is 5. The van der Waals surface area contributed by atoms with E-state index in [2.05, 4.69) is 19.9 Å². The Balaban J connectivity index is 0.00000276. The first-order valence-corrected chi connectivity index (χ1v) is 17.1. The molecular weight excluding hydrogens is 697 g/mol. The van der Waals surface area contributed by atoms with Crippen LogP contribution in [-0.2, 0) is 30.9 Å². The summed E-state index contributed by atoms with van der Waals surface area (Å²) >= 11 is 0. The van der Waals surface area contributed by atoms with E-state index in [0.29, 0.717) is 47.7 Å². The van der Waals surface area contributed by atoms with Gasteiger partial charge in [-0.1, -0.05) is 38.1 Å². The fourth-order valence-electron chi connectivity index (χ4n) is 5.56. The van der Waals surface area contributed by atoms with Crippen molar-refractivity contribution in [1.29, 1.82) is 0 Å². The number of allylic oxidation sites excluding steroid dienone is 1. The molecule has 0 saturated heterocycles. The topological polar surface area (TPSA) is 138 Å². The Morgan fingerprint density at radius 3 is 2.44 bits per heavy atom. The van der Waals surface area contributed by atoms with Gasteiger partial charge >= 0.3 is 5.97 Å². The number of carboxylic acid groups (broad SMARTS) is 1. The van der Waals surface area contributed by atoms with Crippen LogP contribution in [0.3, 0.4) is 0 Å². The van der Waals surface area contributed by atoms with E-state index in [9.17, 15) is 9.90 Å². The highest BCUT2D eigenvalue weighted by Crippen LogP contribution is 2.29. The van der Waals surface area contributed by atoms with Gasteiger partial charge in [-0.05, 0) is 65.2 Å². The van der Waals surface area contributed by atoms with E-state index in [0.717, 1.165) is 17.7 Å². The van der Waals surface area contributed by atoms with Gasteiger partial charge < -0.3 is 24.9 Å². The largest absolute Gasteiger partial charge is 0.478 e. The summed E-state index contributed by atoms with van der Waals surface area (Å²) in [6, 6.07) is 19.6. The molecule has 6 aromatic rings. The number of hydrogen-bond acceptors (Lipinski definition) is 8.